The van der Waals surface area contributed by atoms with Gasteiger partial charge in [0.2, 0.25) is 11.8 Å². The standard InChI is InChI=1S/C28H42N4O6.C2H4O2/c1-37-23-7-6-21-15-24(23)38-18-26(35)30-12-11-29-10-2-3-25(34)31-19-28(17-21,16-20-4-5-20)27(36)32-13-8-22(33)9-14-32;1-2(3)4/h6-7,15,20,22,29,33H,2-5,8-14,16-19H2,1H3,(H,30,35)(H,31,34);1H3,(H,3,4). The number of aliphatic hydroxyl groups excluding tert-OH is 1. The molecule has 5 N–H and O–H groups in total. The Morgan fingerprint density at radius 3 is 2.45 bits per heavy atom. The van der Waals surface area contributed by atoms with Gasteiger partial charge in [-0.1, -0.05) is 18.9 Å². The van der Waals surface area contributed by atoms with Gasteiger partial charge >= 0.3 is 0 Å². The Hall–Kier alpha value is -3.38. The highest BCUT2D eigenvalue weighted by molar-refractivity contribution is 5.85. The van der Waals surface area contributed by atoms with Gasteiger partial charge in [-0.2, -0.15) is 0 Å². The molecule has 1 unspecified atom stereocenters. The molecule has 3 aliphatic rings. The number of aliphatic carboxylic acids is 1. The number of carboxylic acid groups (broad SMARTS) is 1. The summed E-state index contributed by atoms with van der Waals surface area (Å²) in [4.78, 5) is 50.2. The second-order valence-corrected chi connectivity index (χ2v) is 11.4. The average Bonchev–Trinajstić information content (AvgIpc) is 3.77. The fraction of sp³-hybridized carbons (Fsp3) is 0.667. The first-order chi connectivity index (χ1) is 20.1. The molecule has 1 aromatic rings. The van der Waals surface area contributed by atoms with Crippen LogP contribution in [0.1, 0.15) is 57.4 Å². The van der Waals surface area contributed by atoms with E-state index in [9.17, 15) is 19.5 Å². The number of ether oxygens (including phenoxy) is 2. The average molecular weight is 591 g/mol. The van der Waals surface area contributed by atoms with Gasteiger partial charge in [0.25, 0.3) is 11.9 Å². The minimum Gasteiger partial charge on any atom is -0.493 e. The maximum Gasteiger partial charge on any atom is 0.300 e. The van der Waals surface area contributed by atoms with Gasteiger partial charge in [0, 0.05) is 46.1 Å². The van der Waals surface area contributed by atoms with Crippen molar-refractivity contribution in [3.8, 4) is 11.5 Å². The topological polar surface area (TPSA) is 167 Å². The van der Waals surface area contributed by atoms with Crippen molar-refractivity contribution in [3.05, 3.63) is 23.8 Å². The molecule has 1 saturated carbocycles. The summed E-state index contributed by atoms with van der Waals surface area (Å²) in [5.74, 6) is 0.302. The van der Waals surface area contributed by atoms with Crippen LogP contribution in [0.4, 0.5) is 0 Å². The van der Waals surface area contributed by atoms with Gasteiger partial charge in [0.15, 0.2) is 18.1 Å². The number of nitrogens with one attached hydrogen (secondary N) is 3. The van der Waals surface area contributed by atoms with Crippen molar-refractivity contribution in [1.29, 1.82) is 0 Å². The number of fused-ring (bicyclic) bond motifs is 2. The Bertz CT molecular complexity index is 1070. The van der Waals surface area contributed by atoms with E-state index in [0.29, 0.717) is 88.7 Å². The third-order valence-corrected chi connectivity index (χ3v) is 7.72. The molecule has 234 valence electrons. The van der Waals surface area contributed by atoms with Crippen LogP contribution in [-0.2, 0) is 25.6 Å². The van der Waals surface area contributed by atoms with Crippen molar-refractivity contribution in [2.45, 2.75) is 64.4 Å². The molecule has 4 rings (SSSR count). The molecule has 3 amide bonds. The molecule has 1 aliphatic carbocycles. The van der Waals surface area contributed by atoms with E-state index < -0.39 is 11.4 Å². The third kappa shape index (κ3) is 10.8. The van der Waals surface area contributed by atoms with E-state index in [4.69, 9.17) is 19.4 Å². The van der Waals surface area contributed by atoms with E-state index in [1.807, 2.05) is 17.0 Å². The van der Waals surface area contributed by atoms with Crippen LogP contribution in [0, 0.1) is 11.3 Å². The number of amides is 3. The van der Waals surface area contributed by atoms with Gasteiger partial charge in [0.05, 0.1) is 18.6 Å². The van der Waals surface area contributed by atoms with E-state index in [0.717, 1.165) is 25.3 Å². The monoisotopic (exact) mass is 590 g/mol. The van der Waals surface area contributed by atoms with Crippen molar-refractivity contribution in [2.24, 2.45) is 11.3 Å². The molecule has 12 heteroatoms. The van der Waals surface area contributed by atoms with Crippen LogP contribution < -0.4 is 25.4 Å². The lowest BCUT2D eigenvalue weighted by Gasteiger charge is -2.40. The van der Waals surface area contributed by atoms with Crippen LogP contribution in [0.2, 0.25) is 0 Å². The van der Waals surface area contributed by atoms with Crippen LogP contribution in [0.3, 0.4) is 0 Å². The molecule has 0 aromatic heterocycles. The number of rotatable bonds is 4. The van der Waals surface area contributed by atoms with E-state index in [2.05, 4.69) is 16.0 Å². The smallest absolute Gasteiger partial charge is 0.300 e. The van der Waals surface area contributed by atoms with E-state index in [1.54, 1.807) is 13.2 Å². The zero-order valence-corrected chi connectivity index (χ0v) is 24.8. The zero-order valence-electron chi connectivity index (χ0n) is 24.8. The lowest BCUT2D eigenvalue weighted by molar-refractivity contribution is -0.145. The Kier molecular flexibility index (Phi) is 12.9. The number of carbonyl (C=O) groups is 4. The summed E-state index contributed by atoms with van der Waals surface area (Å²) >= 11 is 0. The number of aliphatic hydroxyl groups is 1. The Morgan fingerprint density at radius 1 is 1.07 bits per heavy atom. The van der Waals surface area contributed by atoms with E-state index in [-0.39, 0.29) is 37.0 Å². The Labute approximate surface area is 247 Å². The van der Waals surface area contributed by atoms with Crippen molar-refractivity contribution >= 4 is 23.7 Å². The first-order valence-corrected chi connectivity index (χ1v) is 14.8. The molecule has 1 aromatic carbocycles. The summed E-state index contributed by atoms with van der Waals surface area (Å²) in [6.45, 7) is 3.94. The molecule has 2 aliphatic heterocycles. The van der Waals surface area contributed by atoms with Gasteiger partial charge in [-0.15, -0.1) is 0 Å². The number of hydrogen-bond donors (Lipinski definition) is 5. The van der Waals surface area contributed by atoms with Crippen LogP contribution in [-0.4, -0.2) is 97.9 Å². The van der Waals surface area contributed by atoms with Crippen LogP contribution in [0.15, 0.2) is 18.2 Å². The van der Waals surface area contributed by atoms with Crippen LogP contribution in [0.25, 0.3) is 0 Å². The number of carboxylic acids is 1. The van der Waals surface area contributed by atoms with Crippen molar-refractivity contribution < 1.29 is 38.9 Å². The fourth-order valence-electron chi connectivity index (χ4n) is 5.40. The van der Waals surface area contributed by atoms with Crippen molar-refractivity contribution in [3.63, 3.8) is 0 Å². The van der Waals surface area contributed by atoms with Crippen molar-refractivity contribution in [2.75, 3.05) is 53.0 Å². The second kappa shape index (κ2) is 16.3. The summed E-state index contributed by atoms with van der Waals surface area (Å²) < 4.78 is 11.3. The molecule has 2 heterocycles. The zero-order chi connectivity index (χ0) is 30.5. The minimum atomic E-state index is -0.833. The number of likely N-dealkylation sites (tertiary alicyclic amines) is 1. The number of benzene rings is 1. The van der Waals surface area contributed by atoms with Gasteiger partial charge in [-0.3, -0.25) is 19.2 Å². The number of nitrogens with zero attached hydrogens (tertiary/aromatic N) is 1. The van der Waals surface area contributed by atoms with E-state index in [1.165, 1.54) is 0 Å². The highest BCUT2D eigenvalue weighted by Crippen LogP contribution is 2.44. The molecule has 1 atom stereocenters. The lowest BCUT2D eigenvalue weighted by atomic mass is 9.75. The second-order valence-electron chi connectivity index (χ2n) is 11.4. The van der Waals surface area contributed by atoms with Gasteiger partial charge < -0.3 is 40.5 Å². The Morgan fingerprint density at radius 2 is 1.79 bits per heavy atom. The molecule has 42 heavy (non-hydrogen) atoms. The highest BCUT2D eigenvalue weighted by atomic mass is 16.5. The molecule has 0 radical (unpaired) electrons. The molecular weight excluding hydrogens is 544 g/mol. The summed E-state index contributed by atoms with van der Waals surface area (Å²) in [5, 5.41) is 26.6. The Balaban J connectivity index is 0.00000114. The molecule has 1 saturated heterocycles. The molecule has 2 fully saturated rings. The summed E-state index contributed by atoms with van der Waals surface area (Å²) in [5.41, 5.74) is 0.0679. The van der Waals surface area contributed by atoms with Crippen LogP contribution in [0.5, 0.6) is 11.5 Å². The van der Waals surface area contributed by atoms with Gasteiger partial charge in [0.1, 0.15) is 0 Å². The summed E-state index contributed by atoms with van der Waals surface area (Å²) in [7, 11) is 1.55. The SMILES string of the molecule is CC(=O)O.COc1ccc2cc1OCC(=O)NCCNCCCC(=O)NCC(CC1CC1)(C(=O)N1CCC(O)CC1)C2. The quantitative estimate of drug-likeness (QED) is 0.345. The first-order valence-electron chi connectivity index (χ1n) is 14.8. The number of carbonyl (C=O) groups excluding carboxylic acids is 3. The third-order valence-electron chi connectivity index (χ3n) is 7.72. The number of methoxy groups -OCH3 is 1. The van der Waals surface area contributed by atoms with Gasteiger partial charge in [-0.25, -0.2) is 0 Å². The van der Waals surface area contributed by atoms with Crippen LogP contribution >= 0.6 is 0 Å². The summed E-state index contributed by atoms with van der Waals surface area (Å²) in [6.07, 6.45) is 5.06. The fourth-order valence-corrected chi connectivity index (χ4v) is 5.40. The highest BCUT2D eigenvalue weighted by Gasteiger charge is 2.46. The molecule has 2 bridgehead atoms. The van der Waals surface area contributed by atoms with Gasteiger partial charge in [-0.05, 0) is 62.3 Å². The normalized spacial score (nSPS) is 23.1. The predicted octanol–water partition coefficient (Wildman–Crippen LogP) is 1.09. The molecular formula is C30H46N4O8. The lowest BCUT2D eigenvalue weighted by Crippen LogP contribution is -2.53. The van der Waals surface area contributed by atoms with E-state index >= 15 is 0 Å². The van der Waals surface area contributed by atoms with Crippen molar-refractivity contribution in [1.82, 2.24) is 20.9 Å². The largest absolute Gasteiger partial charge is 0.493 e. The maximum absolute atomic E-state index is 14.2. The molecule has 12 nitrogen and oxygen atoms in total. The number of piperidine rings is 1. The predicted molar refractivity (Wildman–Crippen MR) is 155 cm³/mol. The first kappa shape index (κ1) is 33.1. The number of hydrogen-bond acceptors (Lipinski definition) is 8. The minimum absolute atomic E-state index is 0.0327. The molecule has 0 spiro atoms. The maximum atomic E-state index is 14.2. The summed E-state index contributed by atoms with van der Waals surface area (Å²) in [6, 6.07) is 5.56.